The van der Waals surface area contributed by atoms with Gasteiger partial charge in [0.05, 0.1) is 18.1 Å². The Balaban J connectivity index is 1.61. The second-order valence-corrected chi connectivity index (χ2v) is 6.33. The highest BCUT2D eigenvalue weighted by Gasteiger charge is 2.27. The molecule has 2 N–H and O–H groups in total. The monoisotopic (exact) mass is 379 g/mol. The molecule has 1 aliphatic rings. The predicted molar refractivity (Wildman–Crippen MR) is 97.7 cm³/mol. The zero-order valence-corrected chi connectivity index (χ0v) is 15.5. The van der Waals surface area contributed by atoms with Crippen molar-refractivity contribution in [3.63, 3.8) is 0 Å². The van der Waals surface area contributed by atoms with E-state index in [0.717, 1.165) is 0 Å². The summed E-state index contributed by atoms with van der Waals surface area (Å²) in [7, 11) is 0. The van der Waals surface area contributed by atoms with Crippen LogP contribution in [0.2, 0.25) is 0 Å². The Morgan fingerprint density at radius 1 is 1.15 bits per heavy atom. The highest BCUT2D eigenvalue weighted by molar-refractivity contribution is 5.94. The number of nitrogens with one attached hydrogen (secondary N) is 2. The minimum Gasteiger partial charge on any atom is -0.466 e. The van der Waals surface area contributed by atoms with E-state index >= 15 is 0 Å². The standard InChI is InChI=1S/C19H26FN3O4/c1-2-27-18(25)14-8-12-23(13-9-14)19(26)22-11-5-10-21-17(24)15-6-3-4-7-16(15)20/h3-4,6-7,14H,2,5,8-13H2,1H3,(H,21,24)(H,22,26). The fourth-order valence-corrected chi connectivity index (χ4v) is 2.92. The van der Waals surface area contributed by atoms with Gasteiger partial charge in [0.2, 0.25) is 0 Å². The van der Waals surface area contributed by atoms with E-state index in [9.17, 15) is 18.8 Å². The zero-order valence-electron chi connectivity index (χ0n) is 15.5. The highest BCUT2D eigenvalue weighted by atomic mass is 19.1. The van der Waals surface area contributed by atoms with Crippen LogP contribution in [-0.4, -0.2) is 55.6 Å². The van der Waals surface area contributed by atoms with Crippen LogP contribution in [0.5, 0.6) is 0 Å². The molecule has 0 unspecified atom stereocenters. The lowest BCUT2D eigenvalue weighted by Gasteiger charge is -2.30. The summed E-state index contributed by atoms with van der Waals surface area (Å²) < 4.78 is 18.5. The quantitative estimate of drug-likeness (QED) is 0.560. The van der Waals surface area contributed by atoms with Crippen LogP contribution in [0.25, 0.3) is 0 Å². The van der Waals surface area contributed by atoms with Crippen LogP contribution in [0.15, 0.2) is 24.3 Å². The third-order valence-corrected chi connectivity index (χ3v) is 4.44. The maximum Gasteiger partial charge on any atom is 0.317 e. The molecule has 0 bridgehead atoms. The first-order valence-electron chi connectivity index (χ1n) is 9.25. The third kappa shape index (κ3) is 6.23. The molecule has 3 amide bonds. The summed E-state index contributed by atoms with van der Waals surface area (Å²) >= 11 is 0. The van der Waals surface area contributed by atoms with Crippen LogP contribution in [0.4, 0.5) is 9.18 Å². The van der Waals surface area contributed by atoms with Crippen LogP contribution >= 0.6 is 0 Å². The summed E-state index contributed by atoms with van der Waals surface area (Å²) in [6.07, 6.45) is 1.74. The first-order chi connectivity index (χ1) is 13.0. The first-order valence-corrected chi connectivity index (χ1v) is 9.25. The molecule has 0 aliphatic carbocycles. The second-order valence-electron chi connectivity index (χ2n) is 6.33. The maximum absolute atomic E-state index is 13.5. The molecule has 2 rings (SSSR count). The first kappa shape index (κ1) is 20.7. The Morgan fingerprint density at radius 3 is 2.48 bits per heavy atom. The summed E-state index contributed by atoms with van der Waals surface area (Å²) in [5, 5.41) is 5.42. The molecule has 1 heterocycles. The minimum absolute atomic E-state index is 0.00556. The van der Waals surface area contributed by atoms with Crippen molar-refractivity contribution in [2.45, 2.75) is 26.2 Å². The number of amides is 3. The Labute approximate surface area is 158 Å². The van der Waals surface area contributed by atoms with Crippen molar-refractivity contribution in [1.29, 1.82) is 0 Å². The van der Waals surface area contributed by atoms with Gasteiger partial charge >= 0.3 is 12.0 Å². The van der Waals surface area contributed by atoms with E-state index < -0.39 is 11.7 Å². The Morgan fingerprint density at radius 2 is 1.81 bits per heavy atom. The molecule has 0 radical (unpaired) electrons. The largest absolute Gasteiger partial charge is 0.466 e. The van der Waals surface area contributed by atoms with Gasteiger partial charge in [-0.1, -0.05) is 12.1 Å². The molecule has 1 saturated heterocycles. The molecule has 7 nitrogen and oxygen atoms in total. The van der Waals surface area contributed by atoms with Crippen LogP contribution in [-0.2, 0) is 9.53 Å². The van der Waals surface area contributed by atoms with Crippen LogP contribution < -0.4 is 10.6 Å². The number of halogens is 1. The van der Waals surface area contributed by atoms with Gasteiger partial charge in [-0.2, -0.15) is 0 Å². The number of carbonyl (C=O) groups is 3. The number of likely N-dealkylation sites (tertiary alicyclic amines) is 1. The van der Waals surface area contributed by atoms with E-state index in [0.29, 0.717) is 52.0 Å². The summed E-state index contributed by atoms with van der Waals surface area (Å²) in [5.74, 6) is -1.36. The van der Waals surface area contributed by atoms with Crippen LogP contribution in [0, 0.1) is 11.7 Å². The number of ether oxygens (including phenoxy) is 1. The van der Waals surface area contributed by atoms with Crippen molar-refractivity contribution in [2.24, 2.45) is 5.92 Å². The molecule has 1 aromatic carbocycles. The Hall–Kier alpha value is -2.64. The lowest BCUT2D eigenvalue weighted by atomic mass is 9.97. The predicted octanol–water partition coefficient (Wildman–Crippen LogP) is 1.93. The Bertz CT molecular complexity index is 660. The summed E-state index contributed by atoms with van der Waals surface area (Å²) in [5.41, 5.74) is 0.00556. The number of benzene rings is 1. The van der Waals surface area contributed by atoms with E-state index in [1.54, 1.807) is 17.9 Å². The topological polar surface area (TPSA) is 87.7 Å². The smallest absolute Gasteiger partial charge is 0.317 e. The van der Waals surface area contributed by atoms with Crippen molar-refractivity contribution in [3.8, 4) is 0 Å². The van der Waals surface area contributed by atoms with Gasteiger partial charge in [0.15, 0.2) is 0 Å². The van der Waals surface area contributed by atoms with Gasteiger partial charge in [0.1, 0.15) is 5.82 Å². The van der Waals surface area contributed by atoms with Crippen molar-refractivity contribution in [2.75, 3.05) is 32.8 Å². The average Bonchev–Trinajstić information content (AvgIpc) is 2.68. The second kappa shape index (κ2) is 10.5. The normalized spacial score (nSPS) is 14.5. The van der Waals surface area contributed by atoms with Gasteiger partial charge in [0, 0.05) is 26.2 Å². The number of hydrogen-bond donors (Lipinski definition) is 2. The lowest BCUT2D eigenvalue weighted by molar-refractivity contribution is -0.149. The van der Waals surface area contributed by atoms with Crippen molar-refractivity contribution in [1.82, 2.24) is 15.5 Å². The fourth-order valence-electron chi connectivity index (χ4n) is 2.92. The zero-order chi connectivity index (χ0) is 19.6. The van der Waals surface area contributed by atoms with Crippen molar-refractivity contribution < 1.29 is 23.5 Å². The summed E-state index contributed by atoms with van der Waals surface area (Å²) in [6.45, 7) is 3.90. The SMILES string of the molecule is CCOC(=O)C1CCN(C(=O)NCCCNC(=O)c2ccccc2F)CC1. The molecule has 1 fully saturated rings. The fraction of sp³-hybridized carbons (Fsp3) is 0.526. The van der Waals surface area contributed by atoms with Crippen molar-refractivity contribution >= 4 is 17.9 Å². The lowest BCUT2D eigenvalue weighted by Crippen LogP contribution is -2.46. The van der Waals surface area contributed by atoms with Gasteiger partial charge in [-0.15, -0.1) is 0 Å². The average molecular weight is 379 g/mol. The highest BCUT2D eigenvalue weighted by Crippen LogP contribution is 2.18. The molecule has 0 atom stereocenters. The molecular formula is C19H26FN3O4. The van der Waals surface area contributed by atoms with Crippen LogP contribution in [0.1, 0.15) is 36.5 Å². The number of esters is 1. The molecule has 0 saturated carbocycles. The van der Waals surface area contributed by atoms with E-state index in [-0.39, 0.29) is 23.5 Å². The van der Waals surface area contributed by atoms with E-state index in [1.165, 1.54) is 18.2 Å². The summed E-state index contributed by atoms with van der Waals surface area (Å²) in [4.78, 5) is 37.4. The van der Waals surface area contributed by atoms with E-state index in [2.05, 4.69) is 10.6 Å². The number of urea groups is 1. The molecule has 8 heteroatoms. The van der Waals surface area contributed by atoms with Gasteiger partial charge in [-0.3, -0.25) is 9.59 Å². The number of rotatable bonds is 7. The summed E-state index contributed by atoms with van der Waals surface area (Å²) in [6, 6.07) is 5.60. The minimum atomic E-state index is -0.561. The van der Waals surface area contributed by atoms with E-state index in [1.807, 2.05) is 0 Å². The van der Waals surface area contributed by atoms with Gasteiger partial charge in [0.25, 0.3) is 5.91 Å². The number of piperidine rings is 1. The van der Waals surface area contributed by atoms with Gasteiger partial charge in [-0.05, 0) is 38.3 Å². The number of nitrogens with zero attached hydrogens (tertiary/aromatic N) is 1. The molecule has 148 valence electrons. The molecular weight excluding hydrogens is 353 g/mol. The molecule has 27 heavy (non-hydrogen) atoms. The Kier molecular flexibility index (Phi) is 8.03. The molecule has 0 aromatic heterocycles. The van der Waals surface area contributed by atoms with Gasteiger partial charge in [-0.25, -0.2) is 9.18 Å². The molecule has 1 aliphatic heterocycles. The molecule has 1 aromatic rings. The molecule has 0 spiro atoms. The third-order valence-electron chi connectivity index (χ3n) is 4.44. The number of carbonyl (C=O) groups excluding carboxylic acids is 3. The van der Waals surface area contributed by atoms with Crippen molar-refractivity contribution in [3.05, 3.63) is 35.6 Å². The maximum atomic E-state index is 13.5. The van der Waals surface area contributed by atoms with Crippen LogP contribution in [0.3, 0.4) is 0 Å². The number of hydrogen-bond acceptors (Lipinski definition) is 4. The van der Waals surface area contributed by atoms with E-state index in [4.69, 9.17) is 4.74 Å². The van der Waals surface area contributed by atoms with Gasteiger partial charge < -0.3 is 20.3 Å².